The van der Waals surface area contributed by atoms with Crippen LogP contribution in [0.3, 0.4) is 0 Å². The monoisotopic (exact) mass is 297 g/mol. The van der Waals surface area contributed by atoms with Crippen molar-refractivity contribution in [3.05, 3.63) is 22.7 Å². The van der Waals surface area contributed by atoms with Crippen LogP contribution in [0.4, 0.5) is 11.4 Å². The third-order valence-corrected chi connectivity index (χ3v) is 3.73. The van der Waals surface area contributed by atoms with Gasteiger partial charge in [-0.3, -0.25) is 10.4 Å². The molecule has 0 aliphatic carbocycles. The number of rotatable bonds is 1. The Kier molecular flexibility index (Phi) is 2.98. The molecule has 0 aromatic heterocycles. The van der Waals surface area contributed by atoms with Crippen LogP contribution in [0.15, 0.2) is 22.7 Å². The van der Waals surface area contributed by atoms with Crippen LogP contribution in [0.2, 0.25) is 0 Å². The number of fused-ring (bicyclic) bond motifs is 1. The van der Waals surface area contributed by atoms with Crippen LogP contribution >= 0.6 is 15.9 Å². The third-order valence-electron chi connectivity index (χ3n) is 3.24. The number of nitrogens with one attached hydrogen (secondary N) is 1. The minimum absolute atomic E-state index is 0.156. The zero-order valence-corrected chi connectivity index (χ0v) is 11.4. The third kappa shape index (κ3) is 2.03. The van der Waals surface area contributed by atoms with Crippen molar-refractivity contribution in [3.8, 4) is 0 Å². The fourth-order valence-electron chi connectivity index (χ4n) is 2.45. The molecule has 0 bridgehead atoms. The molecule has 1 aromatic rings. The fourth-order valence-corrected chi connectivity index (χ4v) is 2.81. The summed E-state index contributed by atoms with van der Waals surface area (Å²) < 4.78 is 6.94. The summed E-state index contributed by atoms with van der Waals surface area (Å²) in [7, 11) is 2.02. The van der Waals surface area contributed by atoms with Gasteiger partial charge in [-0.05, 0) is 37.5 Å². The Morgan fingerprint density at radius 2 is 2.29 bits per heavy atom. The molecule has 0 amide bonds. The fraction of sp³-hybridized carbons (Fsp3) is 0.500. The lowest BCUT2D eigenvalue weighted by molar-refractivity contribution is -0.00774. The maximum Gasteiger partial charge on any atom is 0.146 e. The van der Waals surface area contributed by atoms with Crippen molar-refractivity contribution in [2.75, 3.05) is 24.1 Å². The van der Waals surface area contributed by atoms with Crippen molar-refractivity contribution in [2.45, 2.75) is 25.5 Å². The van der Waals surface area contributed by atoms with E-state index >= 15 is 0 Å². The molecular weight excluding hydrogens is 282 g/mol. The second-order valence-electron chi connectivity index (χ2n) is 4.46. The Hall–Kier alpha value is -0.780. The van der Waals surface area contributed by atoms with Crippen molar-refractivity contribution in [3.63, 3.8) is 0 Å². The Morgan fingerprint density at radius 3 is 3.06 bits per heavy atom. The smallest absolute Gasteiger partial charge is 0.146 e. The van der Waals surface area contributed by atoms with Crippen LogP contribution in [-0.2, 0) is 4.74 Å². The van der Waals surface area contributed by atoms with Gasteiger partial charge in [-0.1, -0.05) is 15.9 Å². The van der Waals surface area contributed by atoms with Crippen LogP contribution in [-0.4, -0.2) is 25.0 Å². The largest absolute Gasteiger partial charge is 0.357 e. The number of anilines is 2. The van der Waals surface area contributed by atoms with Gasteiger partial charge in [0.05, 0.1) is 11.4 Å². The van der Waals surface area contributed by atoms with Crippen molar-refractivity contribution < 1.29 is 4.74 Å². The van der Waals surface area contributed by atoms with Crippen LogP contribution < -0.4 is 10.4 Å². The summed E-state index contributed by atoms with van der Waals surface area (Å²) in [6, 6.07) is 6.28. The van der Waals surface area contributed by atoms with Gasteiger partial charge >= 0.3 is 0 Å². The average Bonchev–Trinajstić information content (AvgIpc) is 2.65. The first-order valence-electron chi connectivity index (χ1n) is 5.96. The number of benzene rings is 1. The lowest BCUT2D eigenvalue weighted by Gasteiger charge is -2.35. The molecular formula is C12H16BrN3O. The van der Waals surface area contributed by atoms with E-state index < -0.39 is 0 Å². The minimum atomic E-state index is 0.156. The lowest BCUT2D eigenvalue weighted by Crippen LogP contribution is -2.48. The summed E-state index contributed by atoms with van der Waals surface area (Å²) in [5.74, 6) is 0. The quantitative estimate of drug-likeness (QED) is 0.862. The van der Waals surface area contributed by atoms with E-state index in [1.165, 1.54) is 18.5 Å². The predicted molar refractivity (Wildman–Crippen MR) is 71.6 cm³/mol. The maximum atomic E-state index is 5.85. The molecule has 2 heterocycles. The van der Waals surface area contributed by atoms with Gasteiger partial charge in [0.25, 0.3) is 0 Å². The number of hydrogen-bond donors (Lipinski definition) is 1. The van der Waals surface area contributed by atoms with Crippen LogP contribution in [0.25, 0.3) is 0 Å². The molecule has 1 aromatic carbocycles. The summed E-state index contributed by atoms with van der Waals surface area (Å²) in [5, 5.41) is 4.20. The van der Waals surface area contributed by atoms with E-state index in [0.717, 1.165) is 23.2 Å². The van der Waals surface area contributed by atoms with Gasteiger partial charge in [0.15, 0.2) is 0 Å². The number of ether oxygens (including phenoxy) is 1. The van der Waals surface area contributed by atoms with Crippen molar-refractivity contribution >= 4 is 27.3 Å². The van der Waals surface area contributed by atoms with E-state index in [0.29, 0.717) is 0 Å². The highest BCUT2D eigenvalue weighted by Gasteiger charge is 2.32. The molecule has 3 rings (SSSR count). The van der Waals surface area contributed by atoms with E-state index in [-0.39, 0.29) is 6.23 Å². The van der Waals surface area contributed by atoms with Gasteiger partial charge in [0.2, 0.25) is 0 Å². The molecule has 1 atom stereocenters. The topological polar surface area (TPSA) is 27.7 Å². The Morgan fingerprint density at radius 1 is 1.41 bits per heavy atom. The molecule has 0 saturated carbocycles. The van der Waals surface area contributed by atoms with Gasteiger partial charge in [-0.15, -0.1) is 5.12 Å². The van der Waals surface area contributed by atoms with E-state index in [9.17, 15) is 0 Å². The first-order chi connectivity index (χ1) is 8.25. The lowest BCUT2D eigenvalue weighted by atomic mass is 10.1. The molecule has 0 radical (unpaired) electrons. The van der Waals surface area contributed by atoms with E-state index in [1.54, 1.807) is 0 Å². The van der Waals surface area contributed by atoms with E-state index in [1.807, 2.05) is 12.2 Å². The second-order valence-corrected chi connectivity index (χ2v) is 5.38. The van der Waals surface area contributed by atoms with Gasteiger partial charge < -0.3 is 4.74 Å². The standard InChI is InChI=1S/C12H16BrN3O/c1-15-14-10-8-9(13)5-6-11(10)16(15)12-4-2-3-7-17-12/h5-6,8,12,14H,2-4,7H2,1H3. The van der Waals surface area contributed by atoms with Crippen molar-refractivity contribution in [1.29, 1.82) is 0 Å². The van der Waals surface area contributed by atoms with Gasteiger partial charge in [0, 0.05) is 18.1 Å². The highest BCUT2D eigenvalue weighted by atomic mass is 79.9. The number of hydrazine groups is 2. The van der Waals surface area contributed by atoms with E-state index in [4.69, 9.17) is 4.74 Å². The number of nitrogens with zero attached hydrogens (tertiary/aromatic N) is 2. The summed E-state index contributed by atoms with van der Waals surface area (Å²) in [4.78, 5) is 0. The Bertz CT molecular complexity index is 420. The summed E-state index contributed by atoms with van der Waals surface area (Å²) in [6.45, 7) is 0.862. The zero-order chi connectivity index (χ0) is 11.8. The maximum absolute atomic E-state index is 5.85. The Balaban J connectivity index is 1.90. The molecule has 2 aliphatic rings. The molecule has 0 spiro atoms. The molecule has 92 valence electrons. The highest BCUT2D eigenvalue weighted by molar-refractivity contribution is 9.10. The van der Waals surface area contributed by atoms with Crippen molar-refractivity contribution in [1.82, 2.24) is 5.12 Å². The first-order valence-corrected chi connectivity index (χ1v) is 6.76. The molecule has 1 N–H and O–H groups in total. The SMILES string of the molecule is CN1Nc2cc(Br)ccc2N1C1CCCCO1. The summed E-state index contributed by atoms with van der Waals surface area (Å²) in [5.41, 5.74) is 5.64. The second kappa shape index (κ2) is 4.48. The Labute approximate surface area is 110 Å². The molecule has 17 heavy (non-hydrogen) atoms. The highest BCUT2D eigenvalue weighted by Crippen LogP contribution is 2.38. The summed E-state index contributed by atoms with van der Waals surface area (Å²) in [6.07, 6.45) is 3.65. The summed E-state index contributed by atoms with van der Waals surface area (Å²) >= 11 is 3.49. The molecule has 1 fully saturated rings. The molecule has 2 aliphatic heterocycles. The van der Waals surface area contributed by atoms with Crippen LogP contribution in [0.5, 0.6) is 0 Å². The first kappa shape index (κ1) is 11.3. The molecule has 1 saturated heterocycles. The van der Waals surface area contributed by atoms with Crippen molar-refractivity contribution in [2.24, 2.45) is 0 Å². The van der Waals surface area contributed by atoms with E-state index in [2.05, 4.69) is 44.6 Å². The van der Waals surface area contributed by atoms with Gasteiger partial charge in [0.1, 0.15) is 6.23 Å². The van der Waals surface area contributed by atoms with Crippen LogP contribution in [0, 0.1) is 0 Å². The molecule has 5 heteroatoms. The predicted octanol–water partition coefficient (Wildman–Crippen LogP) is 2.97. The zero-order valence-electron chi connectivity index (χ0n) is 9.82. The average molecular weight is 298 g/mol. The normalized spacial score (nSPS) is 24.6. The minimum Gasteiger partial charge on any atom is -0.357 e. The van der Waals surface area contributed by atoms with Gasteiger partial charge in [-0.25, -0.2) is 0 Å². The van der Waals surface area contributed by atoms with Crippen LogP contribution in [0.1, 0.15) is 19.3 Å². The number of hydrogen-bond acceptors (Lipinski definition) is 4. The van der Waals surface area contributed by atoms with Gasteiger partial charge in [-0.2, -0.15) is 0 Å². The number of halogens is 1. The molecule has 1 unspecified atom stereocenters. The molecule has 4 nitrogen and oxygen atoms in total.